The largest absolute Gasteiger partial charge is 0.493 e. The Hall–Kier alpha value is -2.75. The predicted octanol–water partition coefficient (Wildman–Crippen LogP) is 5.98. The van der Waals surface area contributed by atoms with E-state index in [1.54, 1.807) is 0 Å². The second-order valence-corrected chi connectivity index (χ2v) is 9.64. The van der Waals surface area contributed by atoms with Crippen molar-refractivity contribution in [3.8, 4) is 5.75 Å². The summed E-state index contributed by atoms with van der Waals surface area (Å²) in [4.78, 5) is 15.0. The van der Waals surface area contributed by atoms with Gasteiger partial charge in [0.25, 0.3) is 0 Å². The third-order valence-electron chi connectivity index (χ3n) is 7.07. The number of rotatable bonds is 8. The van der Waals surface area contributed by atoms with Gasteiger partial charge < -0.3 is 15.0 Å². The van der Waals surface area contributed by atoms with Crippen LogP contribution in [0.5, 0.6) is 5.75 Å². The maximum atomic E-state index is 12.6. The SMILES string of the molecule is CCCCCCOc1ccccc1C=C[C@]12NC(=O)CCN1c1ccc(C)cc1C2(C)C. The number of anilines is 1. The van der Waals surface area contributed by atoms with Gasteiger partial charge in [-0.2, -0.15) is 0 Å². The van der Waals surface area contributed by atoms with Gasteiger partial charge in [0.05, 0.1) is 6.61 Å². The quantitative estimate of drug-likeness (QED) is 0.522. The van der Waals surface area contributed by atoms with Crippen LogP contribution in [0.2, 0.25) is 0 Å². The van der Waals surface area contributed by atoms with Crippen molar-refractivity contribution in [2.45, 2.75) is 70.9 Å². The maximum absolute atomic E-state index is 12.6. The molecular weight excluding hydrogens is 396 g/mol. The molecule has 1 amide bonds. The van der Waals surface area contributed by atoms with Gasteiger partial charge >= 0.3 is 0 Å². The number of benzene rings is 2. The number of amides is 1. The van der Waals surface area contributed by atoms with E-state index in [0.29, 0.717) is 13.0 Å². The van der Waals surface area contributed by atoms with E-state index < -0.39 is 5.66 Å². The van der Waals surface area contributed by atoms with Crippen molar-refractivity contribution in [2.24, 2.45) is 0 Å². The lowest BCUT2D eigenvalue weighted by Gasteiger charge is -2.49. The molecule has 1 N–H and O–H groups in total. The van der Waals surface area contributed by atoms with Crippen LogP contribution >= 0.6 is 0 Å². The molecule has 1 atom stereocenters. The molecular formula is C28H36N2O2. The zero-order chi connectivity index (χ0) is 22.8. The van der Waals surface area contributed by atoms with Gasteiger partial charge in [-0.05, 0) is 37.1 Å². The van der Waals surface area contributed by atoms with Crippen molar-refractivity contribution in [3.63, 3.8) is 0 Å². The first-order valence-electron chi connectivity index (χ1n) is 12.0. The van der Waals surface area contributed by atoms with E-state index >= 15 is 0 Å². The average molecular weight is 433 g/mol. The summed E-state index contributed by atoms with van der Waals surface area (Å²) in [6.07, 6.45) is 9.56. The van der Waals surface area contributed by atoms with Crippen LogP contribution in [0.4, 0.5) is 5.69 Å². The molecule has 0 unspecified atom stereocenters. The van der Waals surface area contributed by atoms with Crippen LogP contribution in [0.15, 0.2) is 48.5 Å². The number of para-hydroxylation sites is 1. The normalized spacial score (nSPS) is 21.4. The van der Waals surface area contributed by atoms with Crippen molar-refractivity contribution in [2.75, 3.05) is 18.1 Å². The Morgan fingerprint density at radius 3 is 2.75 bits per heavy atom. The molecule has 170 valence electrons. The number of fused-ring (bicyclic) bond motifs is 3. The summed E-state index contributed by atoms with van der Waals surface area (Å²) >= 11 is 0. The smallest absolute Gasteiger partial charge is 0.223 e. The Morgan fingerprint density at radius 2 is 1.94 bits per heavy atom. The van der Waals surface area contributed by atoms with Crippen molar-refractivity contribution < 1.29 is 9.53 Å². The third-order valence-corrected chi connectivity index (χ3v) is 7.07. The number of hydrogen-bond acceptors (Lipinski definition) is 3. The van der Waals surface area contributed by atoms with Crippen LogP contribution in [-0.4, -0.2) is 24.7 Å². The van der Waals surface area contributed by atoms with Crippen molar-refractivity contribution in [1.82, 2.24) is 5.32 Å². The van der Waals surface area contributed by atoms with Gasteiger partial charge in [-0.1, -0.05) is 82.0 Å². The number of carbonyl (C=O) groups is 1. The molecule has 1 fully saturated rings. The fraction of sp³-hybridized carbons (Fsp3) is 0.464. The molecule has 2 aliphatic rings. The predicted molar refractivity (Wildman–Crippen MR) is 132 cm³/mol. The Morgan fingerprint density at radius 1 is 1.12 bits per heavy atom. The zero-order valence-electron chi connectivity index (χ0n) is 19.9. The van der Waals surface area contributed by atoms with Crippen molar-refractivity contribution in [1.29, 1.82) is 0 Å². The van der Waals surface area contributed by atoms with Gasteiger partial charge in [0.15, 0.2) is 0 Å². The Labute approximate surface area is 192 Å². The summed E-state index contributed by atoms with van der Waals surface area (Å²) < 4.78 is 6.13. The van der Waals surface area contributed by atoms with Crippen LogP contribution in [0, 0.1) is 6.92 Å². The highest BCUT2D eigenvalue weighted by Gasteiger charge is 2.57. The van der Waals surface area contributed by atoms with E-state index in [4.69, 9.17) is 4.74 Å². The fourth-order valence-corrected chi connectivity index (χ4v) is 5.14. The van der Waals surface area contributed by atoms with Crippen LogP contribution in [0.25, 0.3) is 6.08 Å². The topological polar surface area (TPSA) is 41.6 Å². The van der Waals surface area contributed by atoms with Gasteiger partial charge in [0.2, 0.25) is 5.91 Å². The first kappa shape index (κ1) is 22.4. The molecule has 2 aliphatic heterocycles. The van der Waals surface area contributed by atoms with Crippen LogP contribution in [0.3, 0.4) is 0 Å². The van der Waals surface area contributed by atoms with Crippen LogP contribution in [-0.2, 0) is 10.2 Å². The molecule has 0 saturated carbocycles. The fourth-order valence-electron chi connectivity index (χ4n) is 5.14. The highest BCUT2D eigenvalue weighted by Crippen LogP contribution is 2.52. The third kappa shape index (κ3) is 3.92. The summed E-state index contributed by atoms with van der Waals surface area (Å²) in [6, 6.07) is 14.8. The number of nitrogens with one attached hydrogen (secondary N) is 1. The molecule has 0 spiro atoms. The molecule has 2 heterocycles. The molecule has 0 bridgehead atoms. The molecule has 4 nitrogen and oxygen atoms in total. The highest BCUT2D eigenvalue weighted by molar-refractivity contribution is 5.85. The maximum Gasteiger partial charge on any atom is 0.223 e. The lowest BCUT2D eigenvalue weighted by atomic mass is 9.74. The van der Waals surface area contributed by atoms with E-state index in [1.807, 2.05) is 18.2 Å². The minimum absolute atomic E-state index is 0.101. The van der Waals surface area contributed by atoms with Gasteiger partial charge in [0, 0.05) is 29.6 Å². The zero-order valence-corrected chi connectivity index (χ0v) is 19.9. The second kappa shape index (κ2) is 9.01. The minimum atomic E-state index is -0.604. The number of ether oxygens (including phenoxy) is 1. The molecule has 2 aromatic rings. The summed E-state index contributed by atoms with van der Waals surface area (Å²) in [5, 5.41) is 3.36. The summed E-state index contributed by atoms with van der Waals surface area (Å²) in [5.74, 6) is 0.999. The lowest BCUT2D eigenvalue weighted by Crippen LogP contribution is -2.68. The van der Waals surface area contributed by atoms with E-state index in [9.17, 15) is 4.79 Å². The number of nitrogens with zero attached hydrogens (tertiary/aromatic N) is 1. The average Bonchev–Trinajstić information content (AvgIpc) is 2.96. The lowest BCUT2D eigenvalue weighted by molar-refractivity contribution is -0.124. The molecule has 0 aliphatic carbocycles. The molecule has 0 aromatic heterocycles. The van der Waals surface area contributed by atoms with Crippen LogP contribution in [0.1, 0.15) is 69.6 Å². The van der Waals surface area contributed by atoms with Gasteiger partial charge in [-0.3, -0.25) is 4.79 Å². The summed E-state index contributed by atoms with van der Waals surface area (Å²) in [7, 11) is 0. The minimum Gasteiger partial charge on any atom is -0.493 e. The van der Waals surface area contributed by atoms with Crippen molar-refractivity contribution >= 4 is 17.7 Å². The second-order valence-electron chi connectivity index (χ2n) is 9.64. The first-order valence-corrected chi connectivity index (χ1v) is 12.0. The van der Waals surface area contributed by atoms with Gasteiger partial charge in [-0.25, -0.2) is 0 Å². The van der Waals surface area contributed by atoms with E-state index in [2.05, 4.69) is 74.3 Å². The number of unbranched alkanes of at least 4 members (excludes halogenated alkanes) is 3. The summed E-state index contributed by atoms with van der Waals surface area (Å²) in [6.45, 7) is 10.3. The number of carbonyl (C=O) groups excluding carboxylic acids is 1. The Balaban J connectivity index is 1.66. The molecule has 4 heteroatoms. The van der Waals surface area contributed by atoms with E-state index in [0.717, 1.165) is 24.3 Å². The first-order chi connectivity index (χ1) is 15.4. The monoisotopic (exact) mass is 432 g/mol. The number of hydrogen-bond donors (Lipinski definition) is 1. The highest BCUT2D eigenvalue weighted by atomic mass is 16.5. The van der Waals surface area contributed by atoms with Gasteiger partial charge in [0.1, 0.15) is 11.4 Å². The Bertz CT molecular complexity index is 1010. The standard InChI is InChI=1S/C28H36N2O2/c1-5-6-7-10-19-32-25-12-9-8-11-22(25)15-17-28-27(3,4)23-20-21(2)13-14-24(23)30(28)18-16-26(31)29-28/h8-9,11-15,17,20H,5-7,10,16,18-19H2,1-4H3,(H,29,31)/t28-/m0/s1. The molecule has 2 aromatic carbocycles. The number of aryl methyl sites for hydroxylation is 1. The Kier molecular flexibility index (Phi) is 6.32. The van der Waals surface area contributed by atoms with Gasteiger partial charge in [-0.15, -0.1) is 0 Å². The van der Waals surface area contributed by atoms with Crippen molar-refractivity contribution in [3.05, 3.63) is 65.2 Å². The molecule has 4 rings (SSSR count). The molecule has 1 saturated heterocycles. The van der Waals surface area contributed by atoms with E-state index in [1.165, 1.54) is 36.1 Å². The van der Waals surface area contributed by atoms with Crippen LogP contribution < -0.4 is 15.0 Å². The van der Waals surface area contributed by atoms with E-state index in [-0.39, 0.29) is 11.3 Å². The summed E-state index contributed by atoms with van der Waals surface area (Å²) in [5.41, 5.74) is 3.89. The molecule has 32 heavy (non-hydrogen) atoms. The molecule has 0 radical (unpaired) electrons.